The molecule has 2 N–H and O–H groups in total. The first-order valence-corrected chi connectivity index (χ1v) is 9.69. The third-order valence-corrected chi connectivity index (χ3v) is 5.11. The largest absolute Gasteiger partial charge is 0.418 e. The molecule has 176 valence electrons. The van der Waals surface area contributed by atoms with E-state index in [9.17, 15) is 31.4 Å². The molecular formula is C19H22F6N6O. The minimum absolute atomic E-state index is 0.153. The zero-order chi connectivity index (χ0) is 23.7. The summed E-state index contributed by atoms with van der Waals surface area (Å²) in [5.74, 6) is -0.262. The summed E-state index contributed by atoms with van der Waals surface area (Å²) in [5.41, 5.74) is -1.12. The van der Waals surface area contributed by atoms with E-state index in [0.717, 1.165) is 12.3 Å². The Morgan fingerprint density at radius 2 is 1.84 bits per heavy atom. The lowest BCUT2D eigenvalue weighted by Gasteiger charge is -2.33. The number of hydrogen-bond donors (Lipinski definition) is 2. The number of aromatic nitrogens is 3. The molecule has 1 aliphatic heterocycles. The molecule has 1 atom stereocenters. The summed E-state index contributed by atoms with van der Waals surface area (Å²) in [6.07, 6.45) is -9.32. The van der Waals surface area contributed by atoms with Crippen LogP contribution in [-0.4, -0.2) is 64.9 Å². The van der Waals surface area contributed by atoms with E-state index >= 15 is 0 Å². The molecule has 0 aromatic carbocycles. The fourth-order valence-electron chi connectivity index (χ4n) is 3.51. The van der Waals surface area contributed by atoms with Crippen LogP contribution in [0, 0.1) is 0 Å². The Labute approximate surface area is 179 Å². The van der Waals surface area contributed by atoms with Crippen LogP contribution in [0.1, 0.15) is 41.7 Å². The molecule has 2 aromatic rings. The van der Waals surface area contributed by atoms with Crippen LogP contribution in [0.5, 0.6) is 0 Å². The molecule has 0 spiro atoms. The topological polar surface area (TPSA) is 80.6 Å². The summed E-state index contributed by atoms with van der Waals surface area (Å²) in [5, 5.41) is 16.4. The highest BCUT2D eigenvalue weighted by Gasteiger charge is 2.44. The van der Waals surface area contributed by atoms with Crippen LogP contribution < -0.4 is 4.90 Å². The summed E-state index contributed by atoms with van der Waals surface area (Å²) in [4.78, 5) is 11.1. The number of nitrogens with one attached hydrogen (secondary N) is 1. The third kappa shape index (κ3) is 5.31. The van der Waals surface area contributed by atoms with E-state index in [2.05, 4.69) is 20.2 Å². The molecule has 7 nitrogen and oxygen atoms in total. The number of piperidine rings is 1. The Balaban J connectivity index is 1.79. The molecule has 13 heteroatoms. The van der Waals surface area contributed by atoms with E-state index in [1.54, 1.807) is 19.0 Å². The fourth-order valence-corrected chi connectivity index (χ4v) is 3.51. The molecule has 0 bridgehead atoms. The zero-order valence-corrected chi connectivity index (χ0v) is 17.2. The normalized spacial score (nSPS) is 17.2. The fraction of sp³-hybridized carbons (Fsp3) is 0.526. The van der Waals surface area contributed by atoms with Gasteiger partial charge in [-0.25, -0.2) is 9.98 Å². The van der Waals surface area contributed by atoms with Crippen molar-refractivity contribution in [3.8, 4) is 0 Å². The molecular weight excluding hydrogens is 442 g/mol. The van der Waals surface area contributed by atoms with E-state index in [1.807, 2.05) is 0 Å². The van der Waals surface area contributed by atoms with Crippen LogP contribution in [0.4, 0.5) is 38.0 Å². The van der Waals surface area contributed by atoms with E-state index in [1.165, 1.54) is 17.3 Å². The summed E-state index contributed by atoms with van der Waals surface area (Å²) in [6.45, 7) is 0.722. The predicted octanol–water partition coefficient (Wildman–Crippen LogP) is 4.02. The Morgan fingerprint density at radius 3 is 2.34 bits per heavy atom. The first kappa shape index (κ1) is 23.8. The van der Waals surface area contributed by atoms with Crippen molar-refractivity contribution in [1.29, 1.82) is 0 Å². The highest BCUT2D eigenvalue weighted by atomic mass is 19.4. The van der Waals surface area contributed by atoms with Crippen LogP contribution >= 0.6 is 0 Å². The van der Waals surface area contributed by atoms with E-state index in [0.29, 0.717) is 31.7 Å². The third-order valence-electron chi connectivity index (χ3n) is 5.11. The van der Waals surface area contributed by atoms with Crippen molar-refractivity contribution in [2.24, 2.45) is 4.99 Å². The number of nitrogens with zero attached hydrogens (tertiary/aromatic N) is 5. The van der Waals surface area contributed by atoms with Gasteiger partial charge in [-0.15, -0.1) is 0 Å². The predicted molar refractivity (Wildman–Crippen MR) is 105 cm³/mol. The molecule has 0 radical (unpaired) electrons. The SMILES string of the molecule is CN(C)C=Nc1n[nH]c(C2CCN(c3ccc(C(F)(F)F)cn3)CC2)c1C(O)C(F)(F)F. The van der Waals surface area contributed by atoms with Gasteiger partial charge < -0.3 is 14.9 Å². The summed E-state index contributed by atoms with van der Waals surface area (Å²) < 4.78 is 78.0. The Kier molecular flexibility index (Phi) is 6.67. The highest BCUT2D eigenvalue weighted by Crippen LogP contribution is 2.42. The van der Waals surface area contributed by atoms with Crippen LogP contribution in [0.3, 0.4) is 0 Å². The van der Waals surface area contributed by atoms with Crippen molar-refractivity contribution in [3.63, 3.8) is 0 Å². The number of pyridine rings is 1. The Hall–Kier alpha value is -2.83. The van der Waals surface area contributed by atoms with Gasteiger partial charge in [-0.3, -0.25) is 5.10 Å². The maximum absolute atomic E-state index is 13.3. The van der Waals surface area contributed by atoms with Gasteiger partial charge in [-0.05, 0) is 25.0 Å². The van der Waals surface area contributed by atoms with Crippen molar-refractivity contribution >= 4 is 18.0 Å². The van der Waals surface area contributed by atoms with Crippen LogP contribution in [0.15, 0.2) is 23.3 Å². The van der Waals surface area contributed by atoms with Gasteiger partial charge in [0.25, 0.3) is 0 Å². The lowest BCUT2D eigenvalue weighted by molar-refractivity contribution is -0.206. The molecule has 0 saturated carbocycles. The molecule has 1 fully saturated rings. The number of alkyl halides is 6. The number of H-pyrrole nitrogens is 1. The number of aromatic amines is 1. The summed E-state index contributed by atoms with van der Waals surface area (Å²) >= 11 is 0. The number of halogens is 6. The number of aliphatic imine (C=N–C) groups is 1. The van der Waals surface area contributed by atoms with Gasteiger partial charge >= 0.3 is 12.4 Å². The Morgan fingerprint density at radius 1 is 1.19 bits per heavy atom. The molecule has 1 aliphatic rings. The van der Waals surface area contributed by atoms with Crippen LogP contribution in [0.25, 0.3) is 0 Å². The van der Waals surface area contributed by atoms with Gasteiger partial charge in [0.15, 0.2) is 11.9 Å². The molecule has 3 heterocycles. The van der Waals surface area contributed by atoms with Gasteiger partial charge in [-0.1, -0.05) is 0 Å². The second-order valence-corrected chi connectivity index (χ2v) is 7.69. The van der Waals surface area contributed by atoms with Gasteiger partial charge in [0.1, 0.15) is 5.82 Å². The maximum Gasteiger partial charge on any atom is 0.418 e. The van der Waals surface area contributed by atoms with Crippen molar-refractivity contribution in [3.05, 3.63) is 35.2 Å². The van der Waals surface area contributed by atoms with Gasteiger partial charge in [0.05, 0.1) is 17.5 Å². The number of anilines is 1. The smallest absolute Gasteiger partial charge is 0.379 e. The average Bonchev–Trinajstić information content (AvgIpc) is 3.14. The standard InChI is InChI=1S/C19H22F6N6O/c1-30(2)10-27-17-14(16(32)19(23,24)25)15(28-29-17)11-5-7-31(8-6-11)13-4-3-12(9-26-13)18(20,21)22/h3-4,9-11,16,32H,5-8H2,1-2H3,(H,28,29). The lowest BCUT2D eigenvalue weighted by atomic mass is 9.89. The van der Waals surface area contributed by atoms with Crippen LogP contribution in [0.2, 0.25) is 0 Å². The van der Waals surface area contributed by atoms with Gasteiger partial charge in [-0.2, -0.15) is 31.4 Å². The van der Waals surface area contributed by atoms with Crippen molar-refractivity contribution in [2.45, 2.75) is 37.2 Å². The monoisotopic (exact) mass is 464 g/mol. The zero-order valence-electron chi connectivity index (χ0n) is 17.2. The number of aliphatic hydroxyl groups excluding tert-OH is 1. The van der Waals surface area contributed by atoms with Crippen molar-refractivity contribution in [1.82, 2.24) is 20.1 Å². The van der Waals surface area contributed by atoms with Crippen LogP contribution in [-0.2, 0) is 6.18 Å². The molecule has 0 amide bonds. The maximum atomic E-state index is 13.3. The van der Waals surface area contributed by atoms with Crippen molar-refractivity contribution < 1.29 is 31.4 Å². The highest BCUT2D eigenvalue weighted by molar-refractivity contribution is 5.61. The molecule has 0 aliphatic carbocycles. The molecule has 1 saturated heterocycles. The summed E-state index contributed by atoms with van der Waals surface area (Å²) in [7, 11) is 3.28. The first-order chi connectivity index (χ1) is 14.9. The average molecular weight is 464 g/mol. The molecule has 32 heavy (non-hydrogen) atoms. The van der Waals surface area contributed by atoms with Crippen molar-refractivity contribution in [2.75, 3.05) is 32.1 Å². The molecule has 3 rings (SSSR count). The molecule has 1 unspecified atom stereocenters. The quantitative estimate of drug-likeness (QED) is 0.397. The lowest BCUT2D eigenvalue weighted by Crippen LogP contribution is -2.34. The second-order valence-electron chi connectivity index (χ2n) is 7.69. The van der Waals surface area contributed by atoms with E-state index in [-0.39, 0.29) is 17.4 Å². The first-order valence-electron chi connectivity index (χ1n) is 9.69. The number of hydrogen-bond acceptors (Lipinski definition) is 5. The second kappa shape index (κ2) is 8.96. The summed E-state index contributed by atoms with van der Waals surface area (Å²) in [6, 6.07) is 2.21. The van der Waals surface area contributed by atoms with Gasteiger partial charge in [0.2, 0.25) is 0 Å². The van der Waals surface area contributed by atoms with Gasteiger partial charge in [0, 0.05) is 45.0 Å². The minimum Gasteiger partial charge on any atom is -0.379 e. The van der Waals surface area contributed by atoms with E-state index in [4.69, 9.17) is 0 Å². The number of rotatable bonds is 5. The Bertz CT molecular complexity index is 929. The minimum atomic E-state index is -4.90. The van der Waals surface area contributed by atoms with E-state index < -0.39 is 29.6 Å². The number of aliphatic hydroxyl groups is 1. The molecule has 2 aromatic heterocycles.